The van der Waals surface area contributed by atoms with Crippen LogP contribution in [0.25, 0.3) is 44.1 Å². The zero-order chi connectivity index (χ0) is 34.3. The third-order valence-corrected chi connectivity index (χ3v) is 10.3. The van der Waals surface area contributed by atoms with Crippen LogP contribution in [0, 0.1) is 6.92 Å². The lowest BCUT2D eigenvalue weighted by Gasteiger charge is -2.31. The van der Waals surface area contributed by atoms with Crippen LogP contribution < -0.4 is 9.64 Å². The molecule has 2 N–H and O–H groups in total. The summed E-state index contributed by atoms with van der Waals surface area (Å²) >= 11 is 0. The highest BCUT2D eigenvalue weighted by Gasteiger charge is 2.49. The molecule has 0 aliphatic carbocycles. The van der Waals surface area contributed by atoms with Crippen LogP contribution in [0.4, 0.5) is 23.4 Å². The number of aromatic nitrogens is 6. The van der Waals surface area contributed by atoms with Gasteiger partial charge in [-0.2, -0.15) is 28.2 Å². The van der Waals surface area contributed by atoms with Gasteiger partial charge in [0, 0.05) is 48.6 Å². The Hall–Kier alpha value is -4.08. The molecule has 5 aromatic rings. The topological polar surface area (TPSA) is 117 Å². The number of nitrogens with zero attached hydrogens (tertiary/aromatic N) is 7. The maximum absolute atomic E-state index is 14.8. The number of hydrogen-bond donors (Lipinski definition) is 2. The van der Waals surface area contributed by atoms with E-state index in [0.717, 1.165) is 19.4 Å². The second-order valence-electron chi connectivity index (χ2n) is 13.9. The van der Waals surface area contributed by atoms with Crippen molar-refractivity contribution in [2.24, 2.45) is 0 Å². The smallest absolute Gasteiger partial charge is 0.417 e. The van der Waals surface area contributed by atoms with Gasteiger partial charge in [-0.15, -0.1) is 0 Å². The van der Waals surface area contributed by atoms with Crippen LogP contribution in [-0.2, 0) is 17.5 Å². The highest BCUT2D eigenvalue weighted by Crippen LogP contribution is 2.47. The molecular weight excluding hydrogens is 644 g/mol. The minimum atomic E-state index is -4.67. The van der Waals surface area contributed by atoms with E-state index in [9.17, 15) is 22.7 Å². The number of pyridine rings is 1. The number of fused-ring (bicyclic) bond motifs is 5. The van der Waals surface area contributed by atoms with E-state index in [4.69, 9.17) is 19.4 Å². The fourth-order valence-corrected chi connectivity index (χ4v) is 8.34. The van der Waals surface area contributed by atoms with Gasteiger partial charge in [-0.1, -0.05) is 0 Å². The summed E-state index contributed by atoms with van der Waals surface area (Å²) in [6.07, 6.45) is -0.575. The standard InChI is InChI=1S/C34H38F4N8O3/c1-4-46-28-21(6-8-39-27(28)24-22-14-40-43-23(22)12-19(2)26(24)34(36,37)38)25-29(44-10-11-48-17-32(3,47)16-44)41-31(42-30(25)46)49-18-33-7-5-9-45(33)15-20(35)13-33/h6,8,12,14,20,47H,4-5,7,9-11,13,15-18H2,1-3H3,(H,40,43)/t20-,32+,33+/m1/s1. The number of aryl methyl sites for hydroxylation is 2. The number of ether oxygens (including phenoxy) is 2. The minimum Gasteiger partial charge on any atom is -0.461 e. The second-order valence-corrected chi connectivity index (χ2v) is 13.9. The Labute approximate surface area is 279 Å². The Bertz CT molecular complexity index is 2080. The molecule has 15 heteroatoms. The Morgan fingerprint density at radius 1 is 1.20 bits per heavy atom. The average Bonchev–Trinajstić information content (AvgIpc) is 3.78. The molecule has 8 rings (SSSR count). The van der Waals surface area contributed by atoms with Gasteiger partial charge in [-0.05, 0) is 57.9 Å². The zero-order valence-corrected chi connectivity index (χ0v) is 27.6. The molecular formula is C34H38F4N8O3. The minimum absolute atomic E-state index is 0.0444. The summed E-state index contributed by atoms with van der Waals surface area (Å²) in [5, 5.41) is 19.6. The van der Waals surface area contributed by atoms with Crippen LogP contribution in [0.3, 0.4) is 0 Å². The van der Waals surface area contributed by atoms with Crippen molar-refractivity contribution in [1.29, 1.82) is 0 Å². The SMILES string of the molecule is CCn1c2nc(OC[C@@]34CCCN3C[C@H](F)C4)nc(N3CCOC[C@@](C)(O)C3)c2c2ccnc(-c3c(C(F)(F)F)c(C)cc4[nH]ncc34)c21. The van der Waals surface area contributed by atoms with Crippen LogP contribution in [-0.4, -0.2) is 103 Å². The normalized spacial score (nSPS) is 25.1. The first kappa shape index (κ1) is 32.1. The molecule has 49 heavy (non-hydrogen) atoms. The van der Waals surface area contributed by atoms with Crippen molar-refractivity contribution in [2.75, 3.05) is 50.9 Å². The van der Waals surface area contributed by atoms with Crippen molar-refractivity contribution in [3.05, 3.63) is 35.7 Å². The molecule has 1 aromatic carbocycles. The number of hydrogen-bond acceptors (Lipinski definition) is 9. The number of halogens is 4. The van der Waals surface area contributed by atoms with E-state index in [1.54, 1.807) is 13.0 Å². The van der Waals surface area contributed by atoms with Crippen LogP contribution in [0.5, 0.6) is 6.01 Å². The van der Waals surface area contributed by atoms with Crippen molar-refractivity contribution in [3.8, 4) is 17.3 Å². The molecule has 0 spiro atoms. The fourth-order valence-electron chi connectivity index (χ4n) is 8.34. The molecule has 260 valence electrons. The summed E-state index contributed by atoms with van der Waals surface area (Å²) in [5.74, 6) is 0.462. The van der Waals surface area contributed by atoms with Crippen molar-refractivity contribution >= 4 is 38.7 Å². The number of aliphatic hydroxyl groups is 1. The van der Waals surface area contributed by atoms with E-state index in [1.165, 1.54) is 25.4 Å². The van der Waals surface area contributed by atoms with Gasteiger partial charge < -0.3 is 24.0 Å². The summed E-state index contributed by atoms with van der Waals surface area (Å²) < 4.78 is 73.0. The Morgan fingerprint density at radius 2 is 2.04 bits per heavy atom. The van der Waals surface area contributed by atoms with Crippen LogP contribution in [0.1, 0.15) is 44.2 Å². The highest BCUT2D eigenvalue weighted by atomic mass is 19.4. The molecule has 0 unspecified atom stereocenters. The summed E-state index contributed by atoms with van der Waals surface area (Å²) in [6.45, 7) is 7.77. The summed E-state index contributed by atoms with van der Waals surface area (Å²) in [4.78, 5) is 18.5. The van der Waals surface area contributed by atoms with E-state index in [0.29, 0.717) is 71.3 Å². The molecule has 11 nitrogen and oxygen atoms in total. The monoisotopic (exact) mass is 682 g/mol. The maximum Gasteiger partial charge on any atom is 0.417 e. The largest absolute Gasteiger partial charge is 0.461 e. The van der Waals surface area contributed by atoms with Crippen molar-refractivity contribution in [1.82, 2.24) is 34.6 Å². The molecule has 0 saturated carbocycles. The average molecular weight is 683 g/mol. The number of H-pyrrole nitrogens is 1. The predicted molar refractivity (Wildman–Crippen MR) is 176 cm³/mol. The Morgan fingerprint density at radius 3 is 2.84 bits per heavy atom. The first-order valence-electron chi connectivity index (χ1n) is 16.7. The quantitative estimate of drug-likeness (QED) is 0.227. The Balaban J connectivity index is 1.38. The summed E-state index contributed by atoms with van der Waals surface area (Å²) in [5.41, 5.74) is -0.942. The van der Waals surface area contributed by atoms with Gasteiger partial charge in [-0.25, -0.2) is 4.39 Å². The van der Waals surface area contributed by atoms with E-state index in [2.05, 4.69) is 20.1 Å². The van der Waals surface area contributed by atoms with Gasteiger partial charge in [-0.3, -0.25) is 15.0 Å². The fraction of sp³-hybridized carbons (Fsp3) is 0.529. The number of β-amino-alcohol motifs (C(OH)–C–C–N with tert-alkyl or cyclic N) is 1. The van der Waals surface area contributed by atoms with Gasteiger partial charge in [0.15, 0.2) is 5.65 Å². The van der Waals surface area contributed by atoms with Crippen molar-refractivity contribution in [2.45, 2.75) is 70.1 Å². The number of benzene rings is 1. The van der Waals surface area contributed by atoms with E-state index >= 15 is 0 Å². The summed E-state index contributed by atoms with van der Waals surface area (Å²) in [7, 11) is 0. The number of aromatic amines is 1. The van der Waals surface area contributed by atoms with E-state index in [1.807, 2.05) is 16.4 Å². The van der Waals surface area contributed by atoms with Gasteiger partial charge >= 0.3 is 12.2 Å². The lowest BCUT2D eigenvalue weighted by atomic mass is 9.94. The van der Waals surface area contributed by atoms with Crippen LogP contribution in [0.2, 0.25) is 0 Å². The molecule has 3 atom stereocenters. The highest BCUT2D eigenvalue weighted by molar-refractivity contribution is 6.16. The lowest BCUT2D eigenvalue weighted by molar-refractivity contribution is -0.137. The molecule has 3 fully saturated rings. The van der Waals surface area contributed by atoms with Crippen LogP contribution >= 0.6 is 0 Å². The summed E-state index contributed by atoms with van der Waals surface area (Å²) in [6, 6.07) is 3.29. The number of anilines is 1. The maximum atomic E-state index is 14.8. The van der Waals surface area contributed by atoms with E-state index < -0.39 is 29.1 Å². The van der Waals surface area contributed by atoms with Crippen molar-refractivity contribution in [3.63, 3.8) is 0 Å². The number of rotatable bonds is 6. The molecule has 7 heterocycles. The molecule has 3 aliphatic heterocycles. The second kappa shape index (κ2) is 11.5. The lowest BCUT2D eigenvalue weighted by Crippen LogP contribution is -2.44. The van der Waals surface area contributed by atoms with E-state index in [-0.39, 0.29) is 42.6 Å². The molecule has 0 bridgehead atoms. The predicted octanol–water partition coefficient (Wildman–Crippen LogP) is 5.41. The van der Waals surface area contributed by atoms with Gasteiger partial charge in [0.2, 0.25) is 0 Å². The molecule has 4 aromatic heterocycles. The molecule has 0 amide bonds. The Kier molecular flexibility index (Phi) is 7.54. The third-order valence-electron chi connectivity index (χ3n) is 10.3. The first-order chi connectivity index (χ1) is 23.4. The van der Waals surface area contributed by atoms with Crippen LogP contribution in [0.15, 0.2) is 24.5 Å². The van der Waals surface area contributed by atoms with Gasteiger partial charge in [0.05, 0.1) is 59.2 Å². The third kappa shape index (κ3) is 5.28. The number of nitrogens with one attached hydrogen (secondary N) is 1. The van der Waals surface area contributed by atoms with Gasteiger partial charge in [0.25, 0.3) is 0 Å². The number of alkyl halides is 4. The van der Waals surface area contributed by atoms with Crippen molar-refractivity contribution < 1.29 is 32.1 Å². The van der Waals surface area contributed by atoms with Gasteiger partial charge in [0.1, 0.15) is 24.2 Å². The first-order valence-corrected chi connectivity index (χ1v) is 16.7. The molecule has 0 radical (unpaired) electrons. The zero-order valence-electron chi connectivity index (χ0n) is 27.6. The molecule has 3 aliphatic rings. The molecule has 3 saturated heterocycles.